The van der Waals surface area contributed by atoms with E-state index in [0.29, 0.717) is 12.0 Å². The molecule has 1 N–H and O–H groups in total. The van der Waals surface area contributed by atoms with Crippen LogP contribution >= 0.6 is 0 Å². The highest BCUT2D eigenvalue weighted by Gasteiger charge is 2.34. The van der Waals surface area contributed by atoms with Crippen LogP contribution in [0.15, 0.2) is 12.3 Å². The number of aromatic nitrogens is 2. The standard InChI is InChI=1S/C13H21N3O/c1-9(2)15-8-11-6-7-14-13(16-11)12(17-3)10-4-5-10/h6-7,9-10,12,15H,4-5,8H2,1-3H3. The summed E-state index contributed by atoms with van der Waals surface area (Å²) in [5.74, 6) is 1.45. The van der Waals surface area contributed by atoms with Gasteiger partial charge in [0.15, 0.2) is 5.82 Å². The van der Waals surface area contributed by atoms with Crippen molar-refractivity contribution in [3.8, 4) is 0 Å². The number of rotatable bonds is 6. The maximum absolute atomic E-state index is 5.50. The zero-order valence-corrected chi connectivity index (χ0v) is 10.8. The average Bonchev–Trinajstić information content (AvgIpc) is 3.12. The second kappa shape index (κ2) is 5.56. The maximum atomic E-state index is 5.50. The number of nitrogens with zero attached hydrogens (tertiary/aromatic N) is 2. The van der Waals surface area contributed by atoms with Gasteiger partial charge in [0.05, 0.1) is 5.69 Å². The van der Waals surface area contributed by atoms with Gasteiger partial charge >= 0.3 is 0 Å². The lowest BCUT2D eigenvalue weighted by atomic mass is 10.2. The molecule has 4 nitrogen and oxygen atoms in total. The van der Waals surface area contributed by atoms with Crippen LogP contribution in [0.4, 0.5) is 0 Å². The van der Waals surface area contributed by atoms with Gasteiger partial charge in [-0.1, -0.05) is 13.8 Å². The highest BCUT2D eigenvalue weighted by atomic mass is 16.5. The fourth-order valence-electron chi connectivity index (χ4n) is 1.86. The van der Waals surface area contributed by atoms with E-state index < -0.39 is 0 Å². The smallest absolute Gasteiger partial charge is 0.157 e. The van der Waals surface area contributed by atoms with Crippen LogP contribution in [-0.2, 0) is 11.3 Å². The Hall–Kier alpha value is -1.00. The van der Waals surface area contributed by atoms with Crippen molar-refractivity contribution in [3.05, 3.63) is 23.8 Å². The quantitative estimate of drug-likeness (QED) is 0.820. The number of ether oxygens (including phenoxy) is 1. The Balaban J connectivity index is 2.04. The summed E-state index contributed by atoms with van der Waals surface area (Å²) in [6.45, 7) is 5.04. The highest BCUT2D eigenvalue weighted by molar-refractivity contribution is 5.06. The van der Waals surface area contributed by atoms with Crippen molar-refractivity contribution in [2.45, 2.75) is 45.4 Å². The molecule has 0 saturated heterocycles. The van der Waals surface area contributed by atoms with Gasteiger partial charge < -0.3 is 10.1 Å². The molecule has 17 heavy (non-hydrogen) atoms. The summed E-state index contributed by atoms with van der Waals surface area (Å²) in [7, 11) is 1.74. The minimum absolute atomic E-state index is 0.0778. The number of nitrogens with one attached hydrogen (secondary N) is 1. The molecule has 94 valence electrons. The van der Waals surface area contributed by atoms with Crippen molar-refractivity contribution in [3.63, 3.8) is 0 Å². The molecular weight excluding hydrogens is 214 g/mol. The summed E-state index contributed by atoms with van der Waals surface area (Å²) in [5.41, 5.74) is 1.03. The molecule has 1 atom stereocenters. The van der Waals surface area contributed by atoms with Crippen molar-refractivity contribution >= 4 is 0 Å². The van der Waals surface area contributed by atoms with Crippen LogP contribution in [0.25, 0.3) is 0 Å². The zero-order chi connectivity index (χ0) is 12.3. The molecule has 2 rings (SSSR count). The number of hydrogen-bond donors (Lipinski definition) is 1. The van der Waals surface area contributed by atoms with Crippen molar-refractivity contribution in [1.29, 1.82) is 0 Å². The Morgan fingerprint density at radius 2 is 2.24 bits per heavy atom. The first-order valence-corrected chi connectivity index (χ1v) is 6.28. The summed E-state index contributed by atoms with van der Waals surface area (Å²) in [5, 5.41) is 3.36. The lowest BCUT2D eigenvalue weighted by Crippen LogP contribution is -2.23. The Morgan fingerprint density at radius 1 is 1.47 bits per heavy atom. The first-order chi connectivity index (χ1) is 8.20. The third-order valence-electron chi connectivity index (χ3n) is 2.98. The molecule has 0 bridgehead atoms. The summed E-state index contributed by atoms with van der Waals surface area (Å²) in [6, 6.07) is 2.42. The number of hydrogen-bond acceptors (Lipinski definition) is 4. The van der Waals surface area contributed by atoms with Gasteiger partial charge in [-0.15, -0.1) is 0 Å². The molecule has 0 aromatic carbocycles. The lowest BCUT2D eigenvalue weighted by Gasteiger charge is -2.14. The molecule has 1 unspecified atom stereocenters. The predicted molar refractivity (Wildman–Crippen MR) is 66.5 cm³/mol. The van der Waals surface area contributed by atoms with E-state index in [0.717, 1.165) is 18.1 Å². The Bertz CT molecular complexity index is 363. The summed E-state index contributed by atoms with van der Waals surface area (Å²) in [4.78, 5) is 8.91. The van der Waals surface area contributed by atoms with E-state index in [2.05, 4.69) is 29.1 Å². The lowest BCUT2D eigenvalue weighted by molar-refractivity contribution is 0.0769. The Kier molecular flexibility index (Phi) is 4.07. The van der Waals surface area contributed by atoms with Gasteiger partial charge in [-0.05, 0) is 24.8 Å². The van der Waals surface area contributed by atoms with Crippen LogP contribution in [0.3, 0.4) is 0 Å². The third kappa shape index (κ3) is 3.48. The van der Waals surface area contributed by atoms with E-state index in [1.54, 1.807) is 7.11 Å². The first-order valence-electron chi connectivity index (χ1n) is 6.28. The van der Waals surface area contributed by atoms with Crippen molar-refractivity contribution in [1.82, 2.24) is 15.3 Å². The minimum atomic E-state index is 0.0778. The topological polar surface area (TPSA) is 47.0 Å². The first kappa shape index (κ1) is 12.5. The zero-order valence-electron chi connectivity index (χ0n) is 10.8. The largest absolute Gasteiger partial charge is 0.373 e. The molecule has 0 aliphatic heterocycles. The van der Waals surface area contributed by atoms with Gasteiger partial charge in [0.1, 0.15) is 6.10 Å². The van der Waals surface area contributed by atoms with Gasteiger partial charge in [-0.25, -0.2) is 9.97 Å². The fourth-order valence-corrected chi connectivity index (χ4v) is 1.86. The van der Waals surface area contributed by atoms with E-state index in [-0.39, 0.29) is 6.10 Å². The molecule has 1 aliphatic rings. The average molecular weight is 235 g/mol. The van der Waals surface area contributed by atoms with E-state index in [9.17, 15) is 0 Å². The molecule has 1 heterocycles. The van der Waals surface area contributed by atoms with Crippen LogP contribution in [-0.4, -0.2) is 23.1 Å². The van der Waals surface area contributed by atoms with Gasteiger partial charge in [0.2, 0.25) is 0 Å². The van der Waals surface area contributed by atoms with Crippen LogP contribution in [0.5, 0.6) is 0 Å². The van der Waals surface area contributed by atoms with E-state index in [1.165, 1.54) is 12.8 Å². The molecule has 1 saturated carbocycles. The molecule has 1 aromatic heterocycles. The maximum Gasteiger partial charge on any atom is 0.157 e. The minimum Gasteiger partial charge on any atom is -0.373 e. The monoisotopic (exact) mass is 235 g/mol. The molecular formula is C13H21N3O. The molecule has 0 spiro atoms. The summed E-state index contributed by atoms with van der Waals surface area (Å²) in [6.07, 6.45) is 4.37. The van der Waals surface area contributed by atoms with Gasteiger partial charge in [0.25, 0.3) is 0 Å². The van der Waals surface area contributed by atoms with Gasteiger partial charge in [-0.3, -0.25) is 0 Å². The van der Waals surface area contributed by atoms with E-state index in [1.807, 2.05) is 12.3 Å². The van der Waals surface area contributed by atoms with Crippen LogP contribution in [0, 0.1) is 5.92 Å². The van der Waals surface area contributed by atoms with Crippen LogP contribution in [0.2, 0.25) is 0 Å². The molecule has 4 heteroatoms. The Morgan fingerprint density at radius 3 is 2.82 bits per heavy atom. The second-order valence-electron chi connectivity index (χ2n) is 4.94. The summed E-state index contributed by atoms with van der Waals surface area (Å²) < 4.78 is 5.50. The number of methoxy groups -OCH3 is 1. The molecule has 1 fully saturated rings. The molecule has 1 aromatic rings. The van der Waals surface area contributed by atoms with Crippen LogP contribution < -0.4 is 5.32 Å². The van der Waals surface area contributed by atoms with Crippen LogP contribution in [0.1, 0.15) is 44.3 Å². The summed E-state index contributed by atoms with van der Waals surface area (Å²) >= 11 is 0. The second-order valence-corrected chi connectivity index (χ2v) is 4.94. The van der Waals surface area contributed by atoms with Crippen molar-refractivity contribution in [2.75, 3.05) is 7.11 Å². The normalized spacial score (nSPS) is 17.4. The molecule has 0 amide bonds. The molecule has 0 radical (unpaired) electrons. The van der Waals surface area contributed by atoms with E-state index in [4.69, 9.17) is 4.74 Å². The van der Waals surface area contributed by atoms with E-state index >= 15 is 0 Å². The third-order valence-corrected chi connectivity index (χ3v) is 2.98. The van der Waals surface area contributed by atoms with Crippen molar-refractivity contribution in [2.24, 2.45) is 5.92 Å². The van der Waals surface area contributed by atoms with Crippen molar-refractivity contribution < 1.29 is 4.74 Å². The highest BCUT2D eigenvalue weighted by Crippen LogP contribution is 2.41. The van der Waals surface area contributed by atoms with Gasteiger partial charge in [-0.2, -0.15) is 0 Å². The van der Waals surface area contributed by atoms with Gasteiger partial charge in [0, 0.05) is 25.9 Å². The fraction of sp³-hybridized carbons (Fsp3) is 0.692. The molecule has 1 aliphatic carbocycles. The SMILES string of the molecule is COC(c1nccc(CNC(C)C)n1)C1CC1. The Labute approximate surface area is 103 Å². The predicted octanol–water partition coefficient (Wildman–Crippen LogP) is 2.07.